The molecule has 2 amide bonds. The van der Waals surface area contributed by atoms with Gasteiger partial charge in [0, 0.05) is 38.7 Å². The maximum absolute atomic E-state index is 14.0. The number of carbonyl (C=O) groups excluding carboxylic acids is 1. The van der Waals surface area contributed by atoms with Crippen molar-refractivity contribution in [2.45, 2.75) is 38.7 Å². The Kier molecular flexibility index (Phi) is 6.07. The fourth-order valence-corrected chi connectivity index (χ4v) is 4.64. The first kappa shape index (κ1) is 21.6. The molecule has 2 aromatic carbocycles. The van der Waals surface area contributed by atoms with Crippen LogP contribution in [0.25, 0.3) is 0 Å². The van der Waals surface area contributed by atoms with Crippen LogP contribution in [0.3, 0.4) is 0 Å². The Labute approximate surface area is 192 Å². The first-order chi connectivity index (χ1) is 16.1. The molecule has 0 radical (unpaired) electrons. The Balaban J connectivity index is 1.42. The van der Waals surface area contributed by atoms with Crippen molar-refractivity contribution in [2.24, 2.45) is 0 Å². The zero-order chi connectivity index (χ0) is 22.8. The Bertz CT molecular complexity index is 1170. The first-order valence-electron chi connectivity index (χ1n) is 11.1. The summed E-state index contributed by atoms with van der Waals surface area (Å²) in [7, 11) is 1.68. The molecule has 1 aromatic heterocycles. The number of fused-ring (bicyclic) bond motifs is 3. The predicted molar refractivity (Wildman–Crippen MR) is 122 cm³/mol. The number of benzene rings is 2. The maximum Gasteiger partial charge on any atom is 0.322 e. The normalized spacial score (nSPS) is 17.3. The summed E-state index contributed by atoms with van der Waals surface area (Å²) in [5.74, 6) is -0.452. The lowest BCUT2D eigenvalue weighted by Crippen LogP contribution is -2.40. The second kappa shape index (κ2) is 9.29. The highest BCUT2D eigenvalue weighted by molar-refractivity contribution is 5.89. The van der Waals surface area contributed by atoms with Crippen molar-refractivity contribution in [3.8, 4) is 0 Å². The minimum absolute atomic E-state index is 0.0433. The maximum atomic E-state index is 14.0. The Morgan fingerprint density at radius 1 is 1.15 bits per heavy atom. The molecule has 1 N–H and O–H groups in total. The summed E-state index contributed by atoms with van der Waals surface area (Å²) in [6.45, 7) is 1.82. The number of nitrogens with one attached hydrogen (secondary N) is 1. The third kappa shape index (κ3) is 4.34. The van der Waals surface area contributed by atoms with Gasteiger partial charge < -0.3 is 19.7 Å². The van der Waals surface area contributed by atoms with Crippen molar-refractivity contribution in [2.75, 3.05) is 19.0 Å². The number of hydrogen-bond donors (Lipinski definition) is 1. The van der Waals surface area contributed by atoms with Gasteiger partial charge in [-0.3, -0.25) is 4.98 Å². The van der Waals surface area contributed by atoms with Crippen molar-refractivity contribution >= 4 is 11.7 Å². The fourth-order valence-electron chi connectivity index (χ4n) is 4.64. The molecule has 0 saturated carbocycles. The third-order valence-electron chi connectivity index (χ3n) is 6.34. The zero-order valence-corrected chi connectivity index (χ0v) is 18.5. The van der Waals surface area contributed by atoms with Gasteiger partial charge in [0.25, 0.3) is 0 Å². The number of anilines is 1. The van der Waals surface area contributed by atoms with Gasteiger partial charge in [-0.05, 0) is 34.4 Å². The van der Waals surface area contributed by atoms with Crippen molar-refractivity contribution in [1.29, 1.82) is 0 Å². The zero-order valence-electron chi connectivity index (χ0n) is 18.5. The minimum atomic E-state index is -0.452. The van der Waals surface area contributed by atoms with Gasteiger partial charge in [0.2, 0.25) is 0 Å². The number of pyridine rings is 1. The van der Waals surface area contributed by atoms with Crippen LogP contribution >= 0.6 is 0 Å². The summed E-state index contributed by atoms with van der Waals surface area (Å²) in [4.78, 5) is 19.5. The Morgan fingerprint density at radius 2 is 1.94 bits per heavy atom. The molecule has 0 aliphatic carbocycles. The van der Waals surface area contributed by atoms with Crippen LogP contribution in [0.2, 0.25) is 0 Å². The van der Waals surface area contributed by atoms with E-state index in [9.17, 15) is 9.18 Å². The number of aromatic nitrogens is 1. The second-order valence-electron chi connectivity index (χ2n) is 8.37. The van der Waals surface area contributed by atoms with Gasteiger partial charge in [-0.2, -0.15) is 0 Å². The van der Waals surface area contributed by atoms with Gasteiger partial charge in [-0.1, -0.05) is 42.5 Å². The first-order valence-corrected chi connectivity index (χ1v) is 11.1. The predicted octanol–water partition coefficient (Wildman–Crippen LogP) is 4.77. The molecule has 5 rings (SSSR count). The van der Waals surface area contributed by atoms with Gasteiger partial charge in [0.05, 0.1) is 30.7 Å². The largest absolute Gasteiger partial charge is 0.378 e. The Hall–Kier alpha value is -3.29. The number of rotatable bonds is 4. The topological polar surface area (TPSA) is 63.7 Å². The molecule has 7 heteroatoms. The van der Waals surface area contributed by atoms with Crippen molar-refractivity contribution in [3.05, 3.63) is 94.1 Å². The number of para-hydroxylation sites is 1. The summed E-state index contributed by atoms with van der Waals surface area (Å²) in [5.41, 5.74) is 6.52. The molecule has 0 spiro atoms. The van der Waals surface area contributed by atoms with E-state index < -0.39 is 5.82 Å². The second-order valence-corrected chi connectivity index (χ2v) is 8.37. The van der Waals surface area contributed by atoms with E-state index in [2.05, 4.69) is 17.4 Å². The molecule has 3 aromatic rings. The SMILES string of the molecule is COCc1nc2c(c3c1C[C@H](c1ccccc1)OC3)CN(C(=O)Nc1ccccc1F)CC2. The number of ether oxygens (including phenoxy) is 2. The molecule has 0 saturated heterocycles. The quantitative estimate of drug-likeness (QED) is 0.626. The van der Waals surface area contributed by atoms with E-state index in [4.69, 9.17) is 14.5 Å². The average Bonchev–Trinajstić information content (AvgIpc) is 2.85. The van der Waals surface area contributed by atoms with Gasteiger partial charge >= 0.3 is 6.03 Å². The van der Waals surface area contributed by atoms with Crippen LogP contribution in [0.4, 0.5) is 14.9 Å². The van der Waals surface area contributed by atoms with Crippen LogP contribution in [0.1, 0.15) is 39.7 Å². The molecule has 0 unspecified atom stereocenters. The van der Waals surface area contributed by atoms with Crippen LogP contribution in [0, 0.1) is 5.82 Å². The molecule has 1 atom stereocenters. The molecule has 170 valence electrons. The molecule has 6 nitrogen and oxygen atoms in total. The highest BCUT2D eigenvalue weighted by Gasteiger charge is 2.31. The van der Waals surface area contributed by atoms with Crippen LogP contribution in [-0.2, 0) is 42.1 Å². The monoisotopic (exact) mass is 447 g/mol. The fraction of sp³-hybridized carbons (Fsp3) is 0.308. The summed E-state index contributed by atoms with van der Waals surface area (Å²) >= 11 is 0. The molecule has 0 fully saturated rings. The molecular formula is C26H26FN3O3. The summed E-state index contributed by atoms with van der Waals surface area (Å²) in [6, 6.07) is 16.0. The lowest BCUT2D eigenvalue weighted by Gasteiger charge is -2.34. The highest BCUT2D eigenvalue weighted by Crippen LogP contribution is 2.36. The van der Waals surface area contributed by atoms with E-state index in [1.165, 1.54) is 6.07 Å². The number of urea groups is 1. The number of carbonyl (C=O) groups is 1. The van der Waals surface area contributed by atoms with Gasteiger partial charge in [0.15, 0.2) is 0 Å². The highest BCUT2D eigenvalue weighted by atomic mass is 19.1. The van der Waals surface area contributed by atoms with Crippen LogP contribution in [0.15, 0.2) is 54.6 Å². The number of hydrogen-bond acceptors (Lipinski definition) is 4. The van der Waals surface area contributed by atoms with E-state index in [-0.39, 0.29) is 17.8 Å². The van der Waals surface area contributed by atoms with Crippen molar-refractivity contribution in [3.63, 3.8) is 0 Å². The minimum Gasteiger partial charge on any atom is -0.378 e. The Morgan fingerprint density at radius 3 is 2.73 bits per heavy atom. The smallest absolute Gasteiger partial charge is 0.322 e. The number of nitrogens with zero attached hydrogens (tertiary/aromatic N) is 2. The van der Waals surface area contributed by atoms with E-state index in [0.717, 1.165) is 33.6 Å². The van der Waals surface area contributed by atoms with Crippen LogP contribution < -0.4 is 5.32 Å². The third-order valence-corrected chi connectivity index (χ3v) is 6.34. The van der Waals surface area contributed by atoms with E-state index in [1.54, 1.807) is 30.2 Å². The number of methoxy groups -OCH3 is 1. The van der Waals surface area contributed by atoms with Crippen LogP contribution in [0.5, 0.6) is 0 Å². The molecular weight excluding hydrogens is 421 g/mol. The van der Waals surface area contributed by atoms with Crippen molar-refractivity contribution in [1.82, 2.24) is 9.88 Å². The number of halogens is 1. The van der Waals surface area contributed by atoms with E-state index in [1.807, 2.05) is 18.2 Å². The molecule has 2 aliphatic rings. The van der Waals surface area contributed by atoms with Crippen molar-refractivity contribution < 1.29 is 18.7 Å². The van der Waals surface area contributed by atoms with Gasteiger partial charge in [-0.15, -0.1) is 0 Å². The number of amides is 2. The molecule has 2 aliphatic heterocycles. The lowest BCUT2D eigenvalue weighted by molar-refractivity contribution is 0.0251. The van der Waals surface area contributed by atoms with Gasteiger partial charge in [-0.25, -0.2) is 9.18 Å². The summed E-state index contributed by atoms with van der Waals surface area (Å²) in [5, 5.41) is 2.69. The lowest BCUT2D eigenvalue weighted by atomic mass is 9.88. The van der Waals surface area contributed by atoms with Crippen LogP contribution in [-0.4, -0.2) is 29.6 Å². The molecule has 0 bridgehead atoms. The molecule has 33 heavy (non-hydrogen) atoms. The van der Waals surface area contributed by atoms with E-state index in [0.29, 0.717) is 39.1 Å². The van der Waals surface area contributed by atoms with E-state index >= 15 is 0 Å². The summed E-state index contributed by atoms with van der Waals surface area (Å²) < 4.78 is 25.7. The standard InChI is InChI=1S/C26H26FN3O3/c1-32-16-24-18-13-25(17-7-3-2-4-8-17)33-15-20(18)19-14-30(12-11-22(19)28-24)26(31)29-23-10-6-5-9-21(23)27/h2-10,25H,11-16H2,1H3,(H,29,31)/t25-/m1/s1. The average molecular weight is 448 g/mol. The molecule has 3 heterocycles. The van der Waals surface area contributed by atoms with Gasteiger partial charge in [0.1, 0.15) is 5.82 Å². The summed E-state index contributed by atoms with van der Waals surface area (Å²) in [6.07, 6.45) is 1.30.